The summed E-state index contributed by atoms with van der Waals surface area (Å²) in [7, 11) is 0. The Morgan fingerprint density at radius 1 is 0.947 bits per heavy atom. The van der Waals surface area contributed by atoms with Crippen molar-refractivity contribution in [2.24, 2.45) is 5.73 Å². The van der Waals surface area contributed by atoms with Gasteiger partial charge in [0, 0.05) is 11.1 Å². The van der Waals surface area contributed by atoms with Crippen molar-refractivity contribution in [1.82, 2.24) is 0 Å². The Kier molecular flexibility index (Phi) is 4.62. The van der Waals surface area contributed by atoms with Crippen molar-refractivity contribution in [3.8, 4) is 0 Å². The maximum atomic E-state index is 6.29. The summed E-state index contributed by atoms with van der Waals surface area (Å²) in [6, 6.07) is 14.4. The highest BCUT2D eigenvalue weighted by Crippen LogP contribution is 2.19. The Morgan fingerprint density at radius 3 is 2.21 bits per heavy atom. The largest absolute Gasteiger partial charge is 0.327 e. The van der Waals surface area contributed by atoms with Crippen molar-refractivity contribution in [2.75, 3.05) is 0 Å². The molecule has 2 aromatic rings. The molecule has 100 valence electrons. The smallest absolute Gasteiger partial charge is 0.0438 e. The van der Waals surface area contributed by atoms with Crippen LogP contribution in [0, 0.1) is 13.8 Å². The van der Waals surface area contributed by atoms with Crippen LogP contribution in [0.5, 0.6) is 0 Å². The number of aryl methyl sites for hydroxylation is 2. The monoisotopic (exact) mass is 273 g/mol. The van der Waals surface area contributed by atoms with Crippen molar-refractivity contribution >= 4 is 11.6 Å². The molecule has 2 aromatic carbocycles. The molecule has 19 heavy (non-hydrogen) atoms. The molecule has 0 fully saturated rings. The van der Waals surface area contributed by atoms with Crippen molar-refractivity contribution in [3.63, 3.8) is 0 Å². The molecule has 0 radical (unpaired) electrons. The molecule has 0 aliphatic carbocycles. The fourth-order valence-electron chi connectivity index (χ4n) is 2.45. The van der Waals surface area contributed by atoms with Crippen LogP contribution in [0.3, 0.4) is 0 Å². The molecule has 1 nitrogen and oxygen atoms in total. The zero-order valence-electron chi connectivity index (χ0n) is 11.5. The molecule has 1 unspecified atom stereocenters. The normalized spacial score (nSPS) is 12.4. The van der Waals surface area contributed by atoms with Crippen LogP contribution >= 0.6 is 11.6 Å². The molecule has 0 heterocycles. The van der Waals surface area contributed by atoms with Crippen LogP contribution in [0.25, 0.3) is 0 Å². The summed E-state index contributed by atoms with van der Waals surface area (Å²) in [4.78, 5) is 0. The number of hydrogen-bond donors (Lipinski definition) is 1. The van der Waals surface area contributed by atoms with E-state index in [0.29, 0.717) is 0 Å². The van der Waals surface area contributed by atoms with Gasteiger partial charge in [0.05, 0.1) is 0 Å². The summed E-state index contributed by atoms with van der Waals surface area (Å²) in [6.07, 6.45) is 1.71. The number of benzene rings is 2. The summed E-state index contributed by atoms with van der Waals surface area (Å²) in [5.74, 6) is 0. The van der Waals surface area contributed by atoms with Gasteiger partial charge in [0.2, 0.25) is 0 Å². The third-order valence-corrected chi connectivity index (χ3v) is 3.92. The summed E-state index contributed by atoms with van der Waals surface area (Å²) >= 11 is 6.18. The second-order valence-corrected chi connectivity index (χ2v) is 5.54. The molecule has 0 aliphatic heterocycles. The second-order valence-electron chi connectivity index (χ2n) is 5.13. The van der Waals surface area contributed by atoms with Crippen LogP contribution in [0.4, 0.5) is 0 Å². The molecule has 0 aromatic heterocycles. The van der Waals surface area contributed by atoms with Crippen molar-refractivity contribution in [2.45, 2.75) is 32.7 Å². The lowest BCUT2D eigenvalue weighted by molar-refractivity contribution is 0.660. The van der Waals surface area contributed by atoms with Crippen LogP contribution < -0.4 is 5.73 Å². The van der Waals surface area contributed by atoms with Crippen LogP contribution in [-0.4, -0.2) is 6.04 Å². The summed E-state index contributed by atoms with van der Waals surface area (Å²) in [5.41, 5.74) is 11.4. The van der Waals surface area contributed by atoms with Crippen molar-refractivity contribution in [3.05, 3.63) is 69.7 Å². The van der Waals surface area contributed by atoms with Gasteiger partial charge in [-0.25, -0.2) is 0 Å². The Bertz CT molecular complexity index is 543. The molecular formula is C17H20ClN. The third kappa shape index (κ3) is 3.59. The van der Waals surface area contributed by atoms with E-state index < -0.39 is 0 Å². The van der Waals surface area contributed by atoms with Crippen LogP contribution in [0.1, 0.15) is 22.3 Å². The molecule has 2 N–H and O–H groups in total. The van der Waals surface area contributed by atoms with E-state index in [1.165, 1.54) is 16.7 Å². The van der Waals surface area contributed by atoms with E-state index in [0.717, 1.165) is 23.4 Å². The predicted molar refractivity (Wildman–Crippen MR) is 82.8 cm³/mol. The van der Waals surface area contributed by atoms with Crippen molar-refractivity contribution in [1.29, 1.82) is 0 Å². The first-order valence-electron chi connectivity index (χ1n) is 6.62. The molecule has 0 amide bonds. The minimum absolute atomic E-state index is 0.0969. The van der Waals surface area contributed by atoms with Crippen LogP contribution in [0.2, 0.25) is 5.02 Å². The number of nitrogens with two attached hydrogens (primary N) is 1. The molecule has 2 rings (SSSR count). The highest BCUT2D eigenvalue weighted by molar-refractivity contribution is 6.31. The first-order chi connectivity index (χ1) is 9.08. The molecule has 0 saturated heterocycles. The van der Waals surface area contributed by atoms with E-state index in [4.69, 9.17) is 17.3 Å². The average Bonchev–Trinajstić information content (AvgIpc) is 2.37. The van der Waals surface area contributed by atoms with Gasteiger partial charge in [-0.2, -0.15) is 0 Å². The van der Waals surface area contributed by atoms with E-state index in [1.807, 2.05) is 24.3 Å². The van der Waals surface area contributed by atoms with E-state index in [-0.39, 0.29) is 6.04 Å². The van der Waals surface area contributed by atoms with Crippen LogP contribution in [0.15, 0.2) is 42.5 Å². The van der Waals surface area contributed by atoms with E-state index in [9.17, 15) is 0 Å². The Labute approximate surface area is 120 Å². The van der Waals surface area contributed by atoms with Gasteiger partial charge in [0.15, 0.2) is 0 Å². The first kappa shape index (κ1) is 14.1. The fraction of sp³-hybridized carbons (Fsp3) is 0.294. The lowest BCUT2D eigenvalue weighted by atomic mass is 9.94. The average molecular weight is 274 g/mol. The predicted octanol–water partition coefficient (Wildman–Crippen LogP) is 4.07. The van der Waals surface area contributed by atoms with E-state index in [2.05, 4.69) is 32.0 Å². The molecule has 0 saturated carbocycles. The van der Waals surface area contributed by atoms with Crippen LogP contribution in [-0.2, 0) is 12.8 Å². The molecular weight excluding hydrogens is 254 g/mol. The molecule has 0 bridgehead atoms. The maximum absolute atomic E-state index is 6.29. The summed E-state index contributed by atoms with van der Waals surface area (Å²) < 4.78 is 0. The Hall–Kier alpha value is -1.31. The molecule has 0 aliphatic rings. The van der Waals surface area contributed by atoms with Gasteiger partial charge in [0.25, 0.3) is 0 Å². The molecule has 0 spiro atoms. The standard InChI is InChI=1S/C17H20ClN/c1-12-6-5-7-13(2)16(12)11-15(19)10-14-8-3-4-9-17(14)18/h3-9,15H,10-11,19H2,1-2H3. The SMILES string of the molecule is Cc1cccc(C)c1CC(N)Cc1ccccc1Cl. The summed E-state index contributed by atoms with van der Waals surface area (Å²) in [5, 5.41) is 0.805. The fourth-order valence-corrected chi connectivity index (χ4v) is 2.66. The first-order valence-corrected chi connectivity index (χ1v) is 7.00. The van der Waals surface area contributed by atoms with Gasteiger partial charge in [-0.15, -0.1) is 0 Å². The second kappa shape index (κ2) is 6.23. The molecule has 1 atom stereocenters. The number of hydrogen-bond acceptors (Lipinski definition) is 1. The third-order valence-electron chi connectivity index (χ3n) is 3.55. The maximum Gasteiger partial charge on any atom is 0.0438 e. The Morgan fingerprint density at radius 2 is 1.58 bits per heavy atom. The number of halogens is 1. The molecule has 2 heteroatoms. The minimum atomic E-state index is 0.0969. The van der Waals surface area contributed by atoms with Gasteiger partial charge >= 0.3 is 0 Å². The van der Waals surface area contributed by atoms with E-state index >= 15 is 0 Å². The Balaban J connectivity index is 2.10. The van der Waals surface area contributed by atoms with Gasteiger partial charge in [-0.1, -0.05) is 48.0 Å². The van der Waals surface area contributed by atoms with Crippen molar-refractivity contribution < 1.29 is 0 Å². The lowest BCUT2D eigenvalue weighted by Gasteiger charge is -2.16. The van der Waals surface area contributed by atoms with Gasteiger partial charge in [-0.05, 0) is 55.0 Å². The lowest BCUT2D eigenvalue weighted by Crippen LogP contribution is -2.26. The zero-order valence-corrected chi connectivity index (χ0v) is 12.2. The van der Waals surface area contributed by atoms with Gasteiger partial charge in [0.1, 0.15) is 0 Å². The van der Waals surface area contributed by atoms with Gasteiger partial charge < -0.3 is 5.73 Å². The highest BCUT2D eigenvalue weighted by atomic mass is 35.5. The topological polar surface area (TPSA) is 26.0 Å². The minimum Gasteiger partial charge on any atom is -0.327 e. The number of rotatable bonds is 4. The zero-order chi connectivity index (χ0) is 13.8. The van der Waals surface area contributed by atoms with Gasteiger partial charge in [-0.3, -0.25) is 0 Å². The summed E-state index contributed by atoms with van der Waals surface area (Å²) in [6.45, 7) is 4.29. The quantitative estimate of drug-likeness (QED) is 0.893. The highest BCUT2D eigenvalue weighted by Gasteiger charge is 2.10. The van der Waals surface area contributed by atoms with E-state index in [1.54, 1.807) is 0 Å².